The van der Waals surface area contributed by atoms with Gasteiger partial charge >= 0.3 is 0 Å². The van der Waals surface area contributed by atoms with E-state index in [-0.39, 0.29) is 5.69 Å². The van der Waals surface area contributed by atoms with Gasteiger partial charge in [-0.25, -0.2) is 9.50 Å². The molecular weight excluding hydrogens is 304 g/mol. The van der Waals surface area contributed by atoms with Crippen LogP contribution in [0.15, 0.2) is 23.6 Å². The molecule has 3 rings (SSSR count). The van der Waals surface area contributed by atoms with E-state index in [1.807, 2.05) is 0 Å². The molecule has 1 aliphatic rings. The van der Waals surface area contributed by atoms with E-state index in [9.17, 15) is 15.3 Å². The Morgan fingerprint density at radius 3 is 2.87 bits per heavy atom. The normalized spacial score (nSPS) is 33.8. The zero-order valence-electron chi connectivity index (χ0n) is 12.5. The third-order valence-corrected chi connectivity index (χ3v) is 4.29. The Labute approximate surface area is 130 Å². The van der Waals surface area contributed by atoms with Crippen LogP contribution < -0.4 is 0 Å². The number of aryl methyl sites for hydroxylation is 1. The van der Waals surface area contributed by atoms with Crippen molar-refractivity contribution in [1.29, 1.82) is 0 Å². The summed E-state index contributed by atoms with van der Waals surface area (Å²) in [5.41, 5.74) is 6.61. The molecule has 1 aliphatic heterocycles. The van der Waals surface area contributed by atoms with Gasteiger partial charge in [0, 0.05) is 4.91 Å². The fourth-order valence-electron chi connectivity index (χ4n) is 2.97. The van der Waals surface area contributed by atoms with Crippen molar-refractivity contribution >= 4 is 5.52 Å². The van der Waals surface area contributed by atoms with Crippen molar-refractivity contribution < 1.29 is 20.1 Å². The molecule has 2 aromatic rings. The van der Waals surface area contributed by atoms with Crippen molar-refractivity contribution in [3.05, 3.63) is 40.3 Å². The molecule has 23 heavy (non-hydrogen) atoms. The smallest absolute Gasteiger partial charge is 0.220 e. The summed E-state index contributed by atoms with van der Waals surface area (Å²) >= 11 is 0. The standard InChI is InChI=1S/C13H16N6O4/c1-7-8-3-4-10(19(8)16-6-15-7)13(17-18-14)12(2,22)11(21)9(5-20)23-13/h3-4,6,9,11,20-22H,5H2,1-2H3/t9-,11-,12-,13+/m1/s1. The van der Waals surface area contributed by atoms with Crippen molar-refractivity contribution in [1.82, 2.24) is 14.6 Å². The molecule has 0 saturated carbocycles. The Morgan fingerprint density at radius 2 is 2.26 bits per heavy atom. The molecule has 10 nitrogen and oxygen atoms in total. The Hall–Kier alpha value is -2.23. The third-order valence-electron chi connectivity index (χ3n) is 4.29. The number of aliphatic hydroxyl groups is 3. The van der Waals surface area contributed by atoms with Crippen molar-refractivity contribution in [2.45, 2.75) is 37.4 Å². The van der Waals surface area contributed by atoms with Gasteiger partial charge in [0.25, 0.3) is 0 Å². The lowest BCUT2D eigenvalue weighted by atomic mass is 9.86. The van der Waals surface area contributed by atoms with Gasteiger partial charge in [0.15, 0.2) is 0 Å². The molecule has 0 aliphatic carbocycles. The summed E-state index contributed by atoms with van der Waals surface area (Å²) in [6, 6.07) is 3.27. The van der Waals surface area contributed by atoms with Crippen LogP contribution >= 0.6 is 0 Å². The molecular formula is C13H16N6O4. The number of hydrogen-bond donors (Lipinski definition) is 3. The van der Waals surface area contributed by atoms with E-state index in [0.717, 1.165) is 0 Å². The van der Waals surface area contributed by atoms with Crippen LogP contribution in [-0.4, -0.2) is 54.3 Å². The molecule has 3 heterocycles. The highest BCUT2D eigenvalue weighted by atomic mass is 16.6. The summed E-state index contributed by atoms with van der Waals surface area (Å²) in [6.45, 7) is 2.52. The van der Waals surface area contributed by atoms with Gasteiger partial charge in [0.05, 0.1) is 23.5 Å². The molecule has 0 amide bonds. The molecule has 0 bridgehead atoms. The number of aromatic nitrogens is 3. The number of rotatable bonds is 3. The van der Waals surface area contributed by atoms with E-state index >= 15 is 0 Å². The molecule has 0 spiro atoms. The van der Waals surface area contributed by atoms with E-state index in [2.05, 4.69) is 20.1 Å². The second-order valence-corrected chi connectivity index (χ2v) is 5.63. The van der Waals surface area contributed by atoms with Gasteiger partial charge in [-0.05, 0) is 36.6 Å². The third kappa shape index (κ3) is 1.94. The Kier molecular flexibility index (Phi) is 3.51. The van der Waals surface area contributed by atoms with Crippen LogP contribution in [0.2, 0.25) is 0 Å². The van der Waals surface area contributed by atoms with Crippen LogP contribution in [0.3, 0.4) is 0 Å². The van der Waals surface area contributed by atoms with Crippen LogP contribution in [0.4, 0.5) is 0 Å². The second-order valence-electron chi connectivity index (χ2n) is 5.63. The van der Waals surface area contributed by atoms with E-state index in [1.54, 1.807) is 19.1 Å². The number of hydrogen-bond acceptors (Lipinski definition) is 7. The molecule has 3 N–H and O–H groups in total. The van der Waals surface area contributed by atoms with Crippen molar-refractivity contribution in [2.75, 3.05) is 6.61 Å². The van der Waals surface area contributed by atoms with Crippen LogP contribution in [0.1, 0.15) is 18.3 Å². The van der Waals surface area contributed by atoms with Crippen LogP contribution in [0.25, 0.3) is 16.0 Å². The van der Waals surface area contributed by atoms with Gasteiger partial charge in [0.1, 0.15) is 24.1 Å². The first-order valence-electron chi connectivity index (χ1n) is 6.94. The summed E-state index contributed by atoms with van der Waals surface area (Å²) in [6.07, 6.45) is -1.24. The molecule has 10 heteroatoms. The molecule has 0 unspecified atom stereocenters. The minimum atomic E-state index is -1.97. The first-order chi connectivity index (χ1) is 10.9. The average Bonchev–Trinajstić information content (AvgIpc) is 3.03. The van der Waals surface area contributed by atoms with Crippen molar-refractivity contribution in [2.24, 2.45) is 5.11 Å². The van der Waals surface area contributed by atoms with Gasteiger partial charge in [-0.15, -0.1) is 0 Å². The SMILES string of the molecule is Cc1ncnn2c([C@]3(N=[N+]=[N-])O[C@H](CO)[C@@H](O)[C@@]3(C)O)ccc12. The lowest BCUT2D eigenvalue weighted by Crippen LogP contribution is -2.51. The van der Waals surface area contributed by atoms with Gasteiger partial charge in [0.2, 0.25) is 5.72 Å². The summed E-state index contributed by atoms with van der Waals surface area (Å²) in [5, 5.41) is 38.1. The summed E-state index contributed by atoms with van der Waals surface area (Å²) in [5.74, 6) is 0. The molecule has 0 aromatic carbocycles. The topological polar surface area (TPSA) is 149 Å². The number of fused-ring (bicyclic) bond motifs is 1. The quantitative estimate of drug-likeness (QED) is 0.412. The second kappa shape index (κ2) is 5.15. The Morgan fingerprint density at radius 1 is 1.52 bits per heavy atom. The van der Waals surface area contributed by atoms with E-state index in [1.165, 1.54) is 17.8 Å². The highest BCUT2D eigenvalue weighted by molar-refractivity contribution is 5.53. The summed E-state index contributed by atoms with van der Waals surface area (Å²) in [4.78, 5) is 6.83. The minimum Gasteiger partial charge on any atom is -0.394 e. The maximum Gasteiger partial charge on any atom is 0.220 e. The van der Waals surface area contributed by atoms with Gasteiger partial charge in [-0.2, -0.15) is 5.10 Å². The minimum absolute atomic E-state index is 0.232. The predicted molar refractivity (Wildman–Crippen MR) is 77.1 cm³/mol. The lowest BCUT2D eigenvalue weighted by molar-refractivity contribution is -0.141. The number of nitrogens with zero attached hydrogens (tertiary/aromatic N) is 6. The van der Waals surface area contributed by atoms with E-state index < -0.39 is 30.1 Å². The first-order valence-corrected chi connectivity index (χ1v) is 6.94. The van der Waals surface area contributed by atoms with Crippen molar-refractivity contribution in [3.8, 4) is 0 Å². The summed E-state index contributed by atoms with van der Waals surface area (Å²) in [7, 11) is 0. The zero-order valence-corrected chi connectivity index (χ0v) is 12.5. The predicted octanol–water partition coefficient (Wildman–Crippen LogP) is 0.00382. The van der Waals surface area contributed by atoms with Crippen LogP contribution in [0, 0.1) is 6.92 Å². The Balaban J connectivity index is 2.30. The van der Waals surface area contributed by atoms with Crippen LogP contribution in [0.5, 0.6) is 0 Å². The van der Waals surface area contributed by atoms with Crippen LogP contribution in [-0.2, 0) is 10.5 Å². The molecule has 2 aromatic heterocycles. The number of azide groups is 1. The summed E-state index contributed by atoms with van der Waals surface area (Å²) < 4.78 is 7.04. The largest absolute Gasteiger partial charge is 0.394 e. The zero-order chi connectivity index (χ0) is 16.8. The molecule has 4 atom stereocenters. The van der Waals surface area contributed by atoms with Crippen molar-refractivity contribution in [3.63, 3.8) is 0 Å². The van der Waals surface area contributed by atoms with Gasteiger partial charge in [-0.1, -0.05) is 0 Å². The highest BCUT2D eigenvalue weighted by Gasteiger charge is 2.64. The number of ether oxygens (including phenoxy) is 1. The molecule has 0 radical (unpaired) electrons. The molecule has 1 saturated heterocycles. The highest BCUT2D eigenvalue weighted by Crippen LogP contribution is 2.48. The fourth-order valence-corrected chi connectivity index (χ4v) is 2.97. The monoisotopic (exact) mass is 320 g/mol. The van der Waals surface area contributed by atoms with E-state index in [4.69, 9.17) is 10.3 Å². The average molecular weight is 320 g/mol. The fraction of sp³-hybridized carbons (Fsp3) is 0.538. The lowest BCUT2D eigenvalue weighted by Gasteiger charge is -2.34. The van der Waals surface area contributed by atoms with Gasteiger partial charge in [-0.3, -0.25) is 0 Å². The van der Waals surface area contributed by atoms with E-state index in [0.29, 0.717) is 11.2 Å². The first kappa shape index (κ1) is 15.7. The maximum absolute atomic E-state index is 10.8. The maximum atomic E-state index is 10.8. The Bertz CT molecular complexity index is 799. The number of aliphatic hydroxyl groups excluding tert-OH is 2. The molecule has 1 fully saturated rings. The van der Waals surface area contributed by atoms with Gasteiger partial charge < -0.3 is 20.1 Å². The molecule has 122 valence electrons.